The smallest absolute Gasteiger partial charge is 0.0900 e. The maximum absolute atomic E-state index is 10.3. The van der Waals surface area contributed by atoms with Gasteiger partial charge in [-0.25, -0.2) is 0 Å². The van der Waals surface area contributed by atoms with Crippen LogP contribution in [0.4, 0.5) is 0 Å². The molecule has 1 saturated heterocycles. The van der Waals surface area contributed by atoms with Gasteiger partial charge in [0.1, 0.15) is 0 Å². The second kappa shape index (κ2) is 7.73. The lowest BCUT2D eigenvalue weighted by Gasteiger charge is -2.26. The predicted molar refractivity (Wildman–Crippen MR) is 88.9 cm³/mol. The molecule has 0 amide bonds. The lowest BCUT2D eigenvalue weighted by atomic mass is 10.1. The van der Waals surface area contributed by atoms with E-state index in [1.54, 1.807) is 0 Å². The highest BCUT2D eigenvalue weighted by atomic mass is 16.5. The largest absolute Gasteiger partial charge is 0.389 e. The van der Waals surface area contributed by atoms with Crippen LogP contribution in [0.1, 0.15) is 30.0 Å². The number of likely N-dealkylation sites (tertiary alicyclic amines) is 1. The predicted octanol–water partition coefficient (Wildman–Crippen LogP) is 2.13. The third-order valence-corrected chi connectivity index (χ3v) is 4.34. The molecule has 2 atom stereocenters. The van der Waals surface area contributed by atoms with Gasteiger partial charge >= 0.3 is 0 Å². The van der Waals surface area contributed by atoms with Crippen molar-refractivity contribution in [2.24, 2.45) is 7.05 Å². The summed E-state index contributed by atoms with van der Waals surface area (Å²) in [7, 11) is 1.94. The second-order valence-electron chi connectivity index (χ2n) is 6.25. The van der Waals surface area contributed by atoms with Gasteiger partial charge in [-0.3, -0.25) is 9.58 Å². The Morgan fingerprint density at radius 1 is 1.35 bits per heavy atom. The van der Waals surface area contributed by atoms with Crippen molar-refractivity contribution in [2.75, 3.05) is 19.7 Å². The number of β-amino-alcohol motifs (C(OH)–C–C–N with tert-alkyl or cyclic N) is 1. The first-order valence-corrected chi connectivity index (χ1v) is 8.24. The van der Waals surface area contributed by atoms with Gasteiger partial charge in [0, 0.05) is 31.4 Å². The molecule has 1 aliphatic rings. The summed E-state index contributed by atoms with van der Waals surface area (Å²) in [4.78, 5) is 2.34. The Morgan fingerprint density at radius 3 is 2.91 bits per heavy atom. The topological polar surface area (TPSA) is 50.5 Å². The normalized spacial score (nSPS) is 20.0. The molecular formula is C18H25N3O2. The van der Waals surface area contributed by atoms with E-state index in [-0.39, 0.29) is 0 Å². The second-order valence-corrected chi connectivity index (χ2v) is 6.25. The molecule has 0 bridgehead atoms. The highest BCUT2D eigenvalue weighted by Crippen LogP contribution is 2.31. The number of hydrogen-bond acceptors (Lipinski definition) is 4. The van der Waals surface area contributed by atoms with Crippen LogP contribution >= 0.6 is 0 Å². The molecule has 1 N–H and O–H groups in total. The summed E-state index contributed by atoms with van der Waals surface area (Å²) in [5.74, 6) is 0. The Bertz CT molecular complexity index is 599. The summed E-state index contributed by atoms with van der Waals surface area (Å²) in [6.45, 7) is 2.58. The van der Waals surface area contributed by atoms with E-state index in [2.05, 4.69) is 16.2 Å². The van der Waals surface area contributed by atoms with Crippen LogP contribution in [0.25, 0.3) is 0 Å². The zero-order valence-electron chi connectivity index (χ0n) is 13.6. The number of nitrogens with zero attached hydrogens (tertiary/aromatic N) is 3. The van der Waals surface area contributed by atoms with Gasteiger partial charge in [-0.05, 0) is 24.9 Å². The van der Waals surface area contributed by atoms with Crippen molar-refractivity contribution in [3.8, 4) is 0 Å². The zero-order chi connectivity index (χ0) is 16.1. The minimum Gasteiger partial charge on any atom is -0.389 e. The van der Waals surface area contributed by atoms with Gasteiger partial charge in [-0.1, -0.05) is 30.3 Å². The molecule has 0 saturated carbocycles. The Kier molecular flexibility index (Phi) is 5.43. The molecule has 2 aromatic rings. The van der Waals surface area contributed by atoms with Gasteiger partial charge in [-0.15, -0.1) is 0 Å². The average molecular weight is 315 g/mol. The molecule has 1 fully saturated rings. The first-order chi connectivity index (χ1) is 11.2. The van der Waals surface area contributed by atoms with Crippen molar-refractivity contribution in [1.29, 1.82) is 0 Å². The molecule has 0 radical (unpaired) electrons. The van der Waals surface area contributed by atoms with Crippen molar-refractivity contribution in [2.45, 2.75) is 31.6 Å². The van der Waals surface area contributed by atoms with E-state index in [9.17, 15) is 5.11 Å². The fourth-order valence-electron chi connectivity index (χ4n) is 3.24. The molecule has 5 heteroatoms. The number of hydrogen-bond donors (Lipinski definition) is 1. The molecule has 0 aliphatic carbocycles. The van der Waals surface area contributed by atoms with Crippen LogP contribution in [-0.2, 0) is 18.4 Å². The molecule has 1 aromatic heterocycles. The number of rotatable bonds is 7. The van der Waals surface area contributed by atoms with Gasteiger partial charge in [0.05, 0.1) is 25.5 Å². The third-order valence-electron chi connectivity index (χ3n) is 4.34. The Labute approximate surface area is 137 Å². The van der Waals surface area contributed by atoms with Crippen LogP contribution in [0.3, 0.4) is 0 Å². The summed E-state index contributed by atoms with van der Waals surface area (Å²) in [5.41, 5.74) is 2.37. The maximum atomic E-state index is 10.3. The molecule has 2 heterocycles. The summed E-state index contributed by atoms with van der Waals surface area (Å²) in [6, 6.07) is 10.4. The quantitative estimate of drug-likeness (QED) is 0.850. The molecule has 3 rings (SSSR count). The average Bonchev–Trinajstić information content (AvgIpc) is 3.17. The van der Waals surface area contributed by atoms with Gasteiger partial charge in [-0.2, -0.15) is 5.10 Å². The third kappa shape index (κ3) is 4.41. The number of ether oxygens (including phenoxy) is 1. The summed E-state index contributed by atoms with van der Waals surface area (Å²) >= 11 is 0. The van der Waals surface area contributed by atoms with Crippen molar-refractivity contribution in [3.05, 3.63) is 53.9 Å². The Balaban J connectivity index is 1.46. The molecule has 23 heavy (non-hydrogen) atoms. The van der Waals surface area contributed by atoms with Crippen LogP contribution in [0.5, 0.6) is 0 Å². The Morgan fingerprint density at radius 2 is 2.17 bits per heavy atom. The van der Waals surface area contributed by atoms with E-state index in [4.69, 9.17) is 4.74 Å². The minimum absolute atomic E-state index is 0.366. The fraction of sp³-hybridized carbons (Fsp3) is 0.500. The van der Waals surface area contributed by atoms with E-state index in [1.807, 2.05) is 48.3 Å². The molecule has 124 valence electrons. The lowest BCUT2D eigenvalue weighted by molar-refractivity contribution is 0.00771. The van der Waals surface area contributed by atoms with Crippen molar-refractivity contribution in [1.82, 2.24) is 14.7 Å². The van der Waals surface area contributed by atoms with Crippen molar-refractivity contribution >= 4 is 0 Å². The first-order valence-electron chi connectivity index (χ1n) is 8.24. The maximum Gasteiger partial charge on any atom is 0.0900 e. The number of aromatic nitrogens is 2. The lowest BCUT2D eigenvalue weighted by Crippen LogP contribution is -2.34. The van der Waals surface area contributed by atoms with Crippen LogP contribution in [0.2, 0.25) is 0 Å². The standard InChI is InChI=1S/C18H25N3O2/c1-20-11-16(10-19-20)18-8-5-9-21(18)12-17(22)14-23-13-15-6-3-2-4-7-15/h2-4,6-7,10-11,17-18,22H,5,8-9,12-14H2,1H3/t17-,18-/m0/s1. The highest BCUT2D eigenvalue weighted by Gasteiger charge is 2.28. The number of aliphatic hydroxyl groups is 1. The molecule has 0 spiro atoms. The molecule has 1 aliphatic heterocycles. The van der Waals surface area contributed by atoms with E-state index < -0.39 is 6.10 Å². The number of aryl methyl sites for hydroxylation is 1. The Hall–Kier alpha value is -1.69. The van der Waals surface area contributed by atoms with E-state index >= 15 is 0 Å². The monoisotopic (exact) mass is 315 g/mol. The summed E-state index contributed by atoms with van der Waals surface area (Å²) in [6.07, 6.45) is 5.83. The number of aliphatic hydroxyl groups excluding tert-OH is 1. The molecule has 1 aromatic carbocycles. The molecular weight excluding hydrogens is 290 g/mol. The van der Waals surface area contributed by atoms with Crippen LogP contribution in [0.15, 0.2) is 42.7 Å². The summed E-state index contributed by atoms with van der Waals surface area (Å²) in [5, 5.41) is 14.5. The SMILES string of the molecule is Cn1cc([C@@H]2CCCN2C[C@H](O)COCc2ccccc2)cn1. The van der Waals surface area contributed by atoms with Gasteiger partial charge in [0.25, 0.3) is 0 Å². The molecule has 5 nitrogen and oxygen atoms in total. The van der Waals surface area contributed by atoms with Gasteiger partial charge in [0.15, 0.2) is 0 Å². The van der Waals surface area contributed by atoms with Gasteiger partial charge in [0.2, 0.25) is 0 Å². The first kappa shape index (κ1) is 16.2. The van der Waals surface area contributed by atoms with Crippen LogP contribution in [0, 0.1) is 0 Å². The van der Waals surface area contributed by atoms with E-state index in [1.165, 1.54) is 5.56 Å². The van der Waals surface area contributed by atoms with Gasteiger partial charge < -0.3 is 9.84 Å². The fourth-order valence-corrected chi connectivity index (χ4v) is 3.24. The minimum atomic E-state index is -0.462. The molecule has 0 unspecified atom stereocenters. The van der Waals surface area contributed by atoms with Crippen molar-refractivity contribution < 1.29 is 9.84 Å². The van der Waals surface area contributed by atoms with Crippen molar-refractivity contribution in [3.63, 3.8) is 0 Å². The van der Waals surface area contributed by atoms with E-state index in [0.29, 0.717) is 25.8 Å². The van der Waals surface area contributed by atoms with Crippen LogP contribution in [-0.4, -0.2) is 45.6 Å². The van der Waals surface area contributed by atoms with Crippen LogP contribution < -0.4 is 0 Å². The zero-order valence-corrected chi connectivity index (χ0v) is 13.6. The summed E-state index contributed by atoms with van der Waals surface area (Å²) < 4.78 is 7.48. The van der Waals surface area contributed by atoms with E-state index in [0.717, 1.165) is 24.9 Å². The number of benzene rings is 1. The highest BCUT2D eigenvalue weighted by molar-refractivity contribution is 5.13.